The monoisotopic (exact) mass is 396 g/mol. The molecule has 0 radical (unpaired) electrons. The summed E-state index contributed by atoms with van der Waals surface area (Å²) < 4.78 is 30.9. The van der Waals surface area contributed by atoms with E-state index in [0.29, 0.717) is 16.5 Å². The Balaban J connectivity index is 1.98. The van der Waals surface area contributed by atoms with Gasteiger partial charge in [0.1, 0.15) is 18.4 Å². The number of hydrogen-bond acceptors (Lipinski definition) is 4. The first-order valence-corrected chi connectivity index (χ1v) is 10.2. The highest BCUT2D eigenvalue weighted by Crippen LogP contribution is 2.22. The Bertz CT molecular complexity index is 826. The van der Waals surface area contributed by atoms with Crippen LogP contribution in [0.5, 0.6) is 5.75 Å². The molecule has 0 aromatic heterocycles. The summed E-state index contributed by atoms with van der Waals surface area (Å²) in [5.41, 5.74) is 0.375. The van der Waals surface area contributed by atoms with Crippen LogP contribution in [0.3, 0.4) is 0 Å². The van der Waals surface area contributed by atoms with Crippen molar-refractivity contribution in [3.63, 3.8) is 0 Å². The third kappa shape index (κ3) is 5.64. The van der Waals surface area contributed by atoms with Crippen molar-refractivity contribution in [2.75, 3.05) is 23.7 Å². The van der Waals surface area contributed by atoms with Crippen molar-refractivity contribution in [2.45, 2.75) is 13.0 Å². The number of sulfonamides is 1. The highest BCUT2D eigenvalue weighted by molar-refractivity contribution is 7.92. The topological polar surface area (TPSA) is 75.7 Å². The predicted octanol–water partition coefficient (Wildman–Crippen LogP) is 2.69. The maximum Gasteiger partial charge on any atom is 0.243 e. The first-order valence-electron chi connectivity index (χ1n) is 7.99. The lowest BCUT2D eigenvalue weighted by Gasteiger charge is -2.28. The van der Waals surface area contributed by atoms with Crippen molar-refractivity contribution in [3.05, 3.63) is 59.6 Å². The SMILES string of the molecule is C[C@H](C(=O)NCCOc1ccccc1)N(c1ccc(Cl)cc1)S(C)(=O)=O. The normalized spacial score (nSPS) is 12.3. The fraction of sp³-hybridized carbons (Fsp3) is 0.278. The van der Waals surface area contributed by atoms with Crippen LogP contribution in [0.4, 0.5) is 5.69 Å². The van der Waals surface area contributed by atoms with Crippen LogP contribution >= 0.6 is 11.6 Å². The maximum atomic E-state index is 12.4. The molecule has 0 fully saturated rings. The van der Waals surface area contributed by atoms with Crippen molar-refractivity contribution in [3.8, 4) is 5.75 Å². The molecule has 0 unspecified atom stereocenters. The second-order valence-corrected chi connectivity index (χ2v) is 7.96. The average molecular weight is 397 g/mol. The van der Waals surface area contributed by atoms with E-state index < -0.39 is 22.0 Å². The molecule has 0 saturated heterocycles. The molecule has 0 aliphatic carbocycles. The first kappa shape index (κ1) is 20.1. The molecule has 0 saturated carbocycles. The molecule has 0 heterocycles. The number of halogens is 1. The van der Waals surface area contributed by atoms with E-state index in [1.54, 1.807) is 24.3 Å². The number of nitrogens with zero attached hydrogens (tertiary/aromatic N) is 1. The minimum absolute atomic E-state index is 0.260. The highest BCUT2D eigenvalue weighted by Gasteiger charge is 2.28. The quantitative estimate of drug-likeness (QED) is 0.696. The fourth-order valence-electron chi connectivity index (χ4n) is 2.40. The molecule has 1 amide bonds. The summed E-state index contributed by atoms with van der Waals surface area (Å²) in [4.78, 5) is 12.4. The third-order valence-corrected chi connectivity index (χ3v) is 5.08. The smallest absolute Gasteiger partial charge is 0.243 e. The Labute approximate surface area is 158 Å². The summed E-state index contributed by atoms with van der Waals surface area (Å²) in [6, 6.07) is 14.6. The second-order valence-electron chi connectivity index (χ2n) is 5.66. The predicted molar refractivity (Wildman–Crippen MR) is 103 cm³/mol. The van der Waals surface area contributed by atoms with E-state index in [0.717, 1.165) is 10.6 Å². The summed E-state index contributed by atoms with van der Waals surface area (Å²) in [6.45, 7) is 2.07. The van der Waals surface area contributed by atoms with Gasteiger partial charge in [0.2, 0.25) is 15.9 Å². The van der Waals surface area contributed by atoms with Crippen LogP contribution in [0.2, 0.25) is 5.02 Å². The van der Waals surface area contributed by atoms with Gasteiger partial charge >= 0.3 is 0 Å². The van der Waals surface area contributed by atoms with Gasteiger partial charge in [-0.1, -0.05) is 29.8 Å². The van der Waals surface area contributed by atoms with Gasteiger partial charge in [0.05, 0.1) is 18.5 Å². The molecule has 8 heteroatoms. The van der Waals surface area contributed by atoms with Crippen molar-refractivity contribution in [1.29, 1.82) is 0 Å². The molecule has 2 aromatic carbocycles. The minimum atomic E-state index is -3.65. The van der Waals surface area contributed by atoms with Crippen LogP contribution in [0, 0.1) is 0 Å². The van der Waals surface area contributed by atoms with Crippen LogP contribution in [0.25, 0.3) is 0 Å². The molecule has 26 heavy (non-hydrogen) atoms. The molecule has 0 spiro atoms. The van der Waals surface area contributed by atoms with Crippen molar-refractivity contribution < 1.29 is 17.9 Å². The number of carbonyl (C=O) groups is 1. The fourth-order valence-corrected chi connectivity index (χ4v) is 3.71. The van der Waals surface area contributed by atoms with E-state index in [9.17, 15) is 13.2 Å². The number of anilines is 1. The molecule has 1 N–H and O–H groups in total. The van der Waals surface area contributed by atoms with Crippen molar-refractivity contribution in [2.24, 2.45) is 0 Å². The van der Waals surface area contributed by atoms with Gasteiger partial charge in [-0.05, 0) is 43.3 Å². The van der Waals surface area contributed by atoms with Crippen LogP contribution in [0.1, 0.15) is 6.92 Å². The molecule has 2 rings (SSSR count). The highest BCUT2D eigenvalue weighted by atomic mass is 35.5. The van der Waals surface area contributed by atoms with E-state index in [1.807, 2.05) is 30.3 Å². The Morgan fingerprint density at radius 3 is 2.35 bits per heavy atom. The van der Waals surface area contributed by atoms with Gasteiger partial charge in [0, 0.05) is 5.02 Å². The summed E-state index contributed by atoms with van der Waals surface area (Å²) in [5, 5.41) is 3.17. The Morgan fingerprint density at radius 1 is 1.15 bits per heavy atom. The second kappa shape index (κ2) is 8.91. The zero-order chi connectivity index (χ0) is 19.2. The zero-order valence-corrected chi connectivity index (χ0v) is 16.1. The maximum absolute atomic E-state index is 12.4. The number of amides is 1. The number of benzene rings is 2. The lowest BCUT2D eigenvalue weighted by molar-refractivity contribution is -0.121. The number of nitrogens with one attached hydrogen (secondary N) is 1. The van der Waals surface area contributed by atoms with Crippen LogP contribution < -0.4 is 14.4 Å². The van der Waals surface area contributed by atoms with Crippen molar-refractivity contribution in [1.82, 2.24) is 5.32 Å². The first-order chi connectivity index (χ1) is 12.3. The van der Waals surface area contributed by atoms with Gasteiger partial charge in [-0.25, -0.2) is 8.42 Å². The van der Waals surface area contributed by atoms with E-state index >= 15 is 0 Å². The lowest BCUT2D eigenvalue weighted by Crippen LogP contribution is -2.48. The Hall–Kier alpha value is -2.25. The van der Waals surface area contributed by atoms with Crippen molar-refractivity contribution >= 4 is 33.2 Å². The molecule has 0 aliphatic rings. The molecule has 0 bridgehead atoms. The van der Waals surface area contributed by atoms with Gasteiger partial charge in [-0.15, -0.1) is 0 Å². The molecular formula is C18H21ClN2O4S. The van der Waals surface area contributed by atoms with Gasteiger partial charge in [-0.2, -0.15) is 0 Å². The van der Waals surface area contributed by atoms with Gasteiger partial charge in [-0.3, -0.25) is 9.10 Å². The van der Waals surface area contributed by atoms with E-state index in [2.05, 4.69) is 5.32 Å². The summed E-state index contributed by atoms with van der Waals surface area (Å²) >= 11 is 5.85. The zero-order valence-electron chi connectivity index (χ0n) is 14.6. The summed E-state index contributed by atoms with van der Waals surface area (Å²) in [6.07, 6.45) is 1.06. The van der Waals surface area contributed by atoms with Gasteiger partial charge in [0.15, 0.2) is 0 Å². The molecular weight excluding hydrogens is 376 g/mol. The van der Waals surface area contributed by atoms with Crippen LogP contribution in [-0.2, 0) is 14.8 Å². The number of carbonyl (C=O) groups excluding carboxylic acids is 1. The minimum Gasteiger partial charge on any atom is -0.492 e. The number of para-hydroxylation sites is 1. The standard InChI is InChI=1S/C18H21ClN2O4S/c1-14(18(22)20-12-13-25-17-6-4-3-5-7-17)21(26(2,23)24)16-10-8-15(19)9-11-16/h3-11,14H,12-13H2,1-2H3,(H,20,22)/t14-/m1/s1. The Kier molecular flexibility index (Phi) is 6.88. The van der Waals surface area contributed by atoms with Gasteiger partial charge in [0.25, 0.3) is 0 Å². The lowest BCUT2D eigenvalue weighted by atomic mass is 10.2. The molecule has 140 valence electrons. The van der Waals surface area contributed by atoms with Gasteiger partial charge < -0.3 is 10.1 Å². The summed E-state index contributed by atoms with van der Waals surface area (Å²) in [5.74, 6) is 0.288. The van der Waals surface area contributed by atoms with E-state index in [4.69, 9.17) is 16.3 Å². The largest absolute Gasteiger partial charge is 0.492 e. The summed E-state index contributed by atoms with van der Waals surface area (Å²) in [7, 11) is -3.65. The van der Waals surface area contributed by atoms with Crippen LogP contribution in [-0.4, -0.2) is 39.8 Å². The number of ether oxygens (including phenoxy) is 1. The number of rotatable bonds is 8. The molecule has 0 aliphatic heterocycles. The number of hydrogen-bond donors (Lipinski definition) is 1. The molecule has 1 atom stereocenters. The van der Waals surface area contributed by atoms with E-state index in [1.165, 1.54) is 6.92 Å². The molecule has 6 nitrogen and oxygen atoms in total. The third-order valence-electron chi connectivity index (χ3n) is 3.58. The van der Waals surface area contributed by atoms with E-state index in [-0.39, 0.29) is 13.2 Å². The van der Waals surface area contributed by atoms with Crippen LogP contribution in [0.15, 0.2) is 54.6 Å². The molecule has 2 aromatic rings. The average Bonchev–Trinajstić information content (AvgIpc) is 2.60. The Morgan fingerprint density at radius 2 is 1.77 bits per heavy atom.